The number of fused-ring (bicyclic) bond motifs is 1. The van der Waals surface area contributed by atoms with Gasteiger partial charge in [0.15, 0.2) is 0 Å². The second kappa shape index (κ2) is 4.93. The monoisotopic (exact) mass is 301 g/mol. The number of benzene rings is 2. The van der Waals surface area contributed by atoms with E-state index < -0.39 is 9.84 Å². The number of sulfone groups is 1. The molecule has 0 bridgehead atoms. The van der Waals surface area contributed by atoms with Crippen molar-refractivity contribution < 1.29 is 13.2 Å². The van der Waals surface area contributed by atoms with Gasteiger partial charge in [-0.2, -0.15) is 0 Å². The molecule has 2 aromatic carbocycles. The zero-order valence-electron chi connectivity index (χ0n) is 11.5. The average Bonchev–Trinajstić information content (AvgIpc) is 2.69. The molecule has 0 aromatic heterocycles. The summed E-state index contributed by atoms with van der Waals surface area (Å²) in [6.07, 6.45) is 0. The van der Waals surface area contributed by atoms with E-state index in [2.05, 4.69) is 0 Å². The van der Waals surface area contributed by atoms with E-state index in [1.807, 2.05) is 31.2 Å². The van der Waals surface area contributed by atoms with Crippen LogP contribution in [0.2, 0.25) is 0 Å². The molecule has 108 valence electrons. The van der Waals surface area contributed by atoms with E-state index in [9.17, 15) is 8.42 Å². The van der Waals surface area contributed by atoms with Crippen molar-refractivity contribution in [3.8, 4) is 5.75 Å². The highest BCUT2D eigenvalue weighted by Crippen LogP contribution is 2.34. The Morgan fingerprint density at radius 3 is 2.52 bits per heavy atom. The van der Waals surface area contributed by atoms with Crippen LogP contribution in [-0.2, 0) is 9.84 Å². The molecule has 1 heterocycles. The van der Waals surface area contributed by atoms with Crippen LogP contribution in [-0.4, -0.2) is 15.0 Å². The Morgan fingerprint density at radius 2 is 1.81 bits per heavy atom. The van der Waals surface area contributed by atoms with Crippen LogP contribution in [0, 0.1) is 6.92 Å². The first-order chi connectivity index (χ1) is 9.95. The predicted molar refractivity (Wildman–Crippen MR) is 82.7 cm³/mol. The Balaban J connectivity index is 1.87. The maximum atomic E-state index is 12.1. The third-order valence-corrected chi connectivity index (χ3v) is 4.93. The van der Waals surface area contributed by atoms with E-state index in [0.717, 1.165) is 5.56 Å². The lowest BCUT2D eigenvalue weighted by atomic mass is 10.1. The molecule has 0 unspecified atom stereocenters. The quantitative estimate of drug-likeness (QED) is 0.885. The minimum Gasteiger partial charge on any atom is -0.489 e. The first-order valence-electron chi connectivity index (χ1n) is 6.51. The lowest BCUT2D eigenvalue weighted by molar-refractivity contribution is 0.370. The van der Waals surface area contributed by atoms with Gasteiger partial charge in [-0.15, -0.1) is 0 Å². The molecular weight excluding hydrogens is 286 g/mol. The van der Waals surface area contributed by atoms with Gasteiger partial charge < -0.3 is 10.5 Å². The molecule has 0 radical (unpaired) electrons. The summed E-state index contributed by atoms with van der Waals surface area (Å²) < 4.78 is 29.8. The number of hydrogen-bond donors (Lipinski definition) is 1. The topological polar surface area (TPSA) is 69.4 Å². The van der Waals surface area contributed by atoms with Gasteiger partial charge in [-0.25, -0.2) is 8.42 Å². The Labute approximate surface area is 123 Å². The smallest absolute Gasteiger partial charge is 0.200 e. The zero-order valence-corrected chi connectivity index (χ0v) is 12.4. The van der Waals surface area contributed by atoms with Crippen molar-refractivity contribution in [3.63, 3.8) is 0 Å². The highest BCUT2D eigenvalue weighted by molar-refractivity contribution is 7.95. The summed E-state index contributed by atoms with van der Waals surface area (Å²) in [6, 6.07) is 12.4. The van der Waals surface area contributed by atoms with E-state index >= 15 is 0 Å². The van der Waals surface area contributed by atoms with Crippen molar-refractivity contribution in [2.75, 3.05) is 12.3 Å². The summed E-state index contributed by atoms with van der Waals surface area (Å²) in [5.41, 5.74) is 8.67. The second-order valence-electron chi connectivity index (χ2n) is 5.05. The molecule has 0 saturated heterocycles. The number of ether oxygens (including phenoxy) is 1. The number of anilines is 1. The summed E-state index contributed by atoms with van der Waals surface area (Å²) in [4.78, 5) is 0.291. The van der Waals surface area contributed by atoms with Gasteiger partial charge in [-0.1, -0.05) is 17.7 Å². The van der Waals surface area contributed by atoms with Crippen molar-refractivity contribution in [1.29, 1.82) is 0 Å². The molecule has 21 heavy (non-hydrogen) atoms. The van der Waals surface area contributed by atoms with Crippen LogP contribution < -0.4 is 10.5 Å². The molecule has 2 N–H and O–H groups in total. The molecule has 0 fully saturated rings. The zero-order chi connectivity index (χ0) is 15.0. The third kappa shape index (κ3) is 2.64. The average molecular weight is 301 g/mol. The fraction of sp³-hybridized carbons (Fsp3) is 0.125. The maximum absolute atomic E-state index is 12.1. The fourth-order valence-corrected chi connectivity index (χ4v) is 3.72. The van der Waals surface area contributed by atoms with Crippen molar-refractivity contribution in [2.24, 2.45) is 0 Å². The van der Waals surface area contributed by atoms with Crippen LogP contribution in [0.25, 0.3) is 5.57 Å². The number of hydrogen-bond acceptors (Lipinski definition) is 4. The van der Waals surface area contributed by atoms with Crippen LogP contribution in [0.1, 0.15) is 11.1 Å². The van der Waals surface area contributed by atoms with Gasteiger partial charge >= 0.3 is 0 Å². The SMILES string of the molecule is Cc1ccc(OCC2=CS(=O)(=O)c3ccc(N)cc32)cc1. The number of rotatable bonds is 3. The molecule has 3 rings (SSSR count). The van der Waals surface area contributed by atoms with E-state index in [1.165, 1.54) is 11.5 Å². The van der Waals surface area contributed by atoms with Crippen LogP contribution >= 0.6 is 0 Å². The first kappa shape index (κ1) is 13.7. The molecule has 1 aliphatic rings. The van der Waals surface area contributed by atoms with Crippen LogP contribution in [0.5, 0.6) is 5.75 Å². The van der Waals surface area contributed by atoms with Gasteiger partial charge in [0.05, 0.1) is 4.90 Å². The minimum absolute atomic E-state index is 0.193. The van der Waals surface area contributed by atoms with Crippen LogP contribution in [0.3, 0.4) is 0 Å². The molecule has 2 aromatic rings. The normalized spacial score (nSPS) is 15.4. The predicted octanol–water partition coefficient (Wildman–Crippen LogP) is 2.78. The molecule has 1 aliphatic heterocycles. The molecule has 0 spiro atoms. The maximum Gasteiger partial charge on any atom is 0.200 e. The molecule has 0 aliphatic carbocycles. The number of nitrogens with two attached hydrogens (primary N) is 1. The van der Waals surface area contributed by atoms with Gasteiger partial charge in [-0.3, -0.25) is 0 Å². The van der Waals surface area contributed by atoms with Gasteiger partial charge in [0.25, 0.3) is 0 Å². The van der Waals surface area contributed by atoms with Gasteiger partial charge in [0, 0.05) is 22.2 Å². The van der Waals surface area contributed by atoms with E-state index in [1.54, 1.807) is 12.1 Å². The largest absolute Gasteiger partial charge is 0.489 e. The Morgan fingerprint density at radius 1 is 1.10 bits per heavy atom. The molecule has 0 saturated carbocycles. The van der Waals surface area contributed by atoms with Crippen molar-refractivity contribution in [1.82, 2.24) is 0 Å². The molecule has 4 nitrogen and oxygen atoms in total. The van der Waals surface area contributed by atoms with E-state index in [4.69, 9.17) is 10.5 Å². The van der Waals surface area contributed by atoms with Crippen LogP contribution in [0.15, 0.2) is 52.8 Å². The van der Waals surface area contributed by atoms with E-state index in [0.29, 0.717) is 27.5 Å². The highest BCUT2D eigenvalue weighted by atomic mass is 32.2. The summed E-state index contributed by atoms with van der Waals surface area (Å²) in [5, 5.41) is 1.26. The Kier molecular flexibility index (Phi) is 3.22. The standard InChI is InChI=1S/C16H15NO3S/c1-11-2-5-14(6-3-11)20-9-12-10-21(18,19)16-7-4-13(17)8-15(12)16/h2-8,10H,9,17H2,1H3. The lowest BCUT2D eigenvalue weighted by Gasteiger charge is -2.08. The Bertz CT molecular complexity index is 821. The summed E-state index contributed by atoms with van der Waals surface area (Å²) in [7, 11) is -3.38. The minimum atomic E-state index is -3.38. The van der Waals surface area contributed by atoms with Gasteiger partial charge in [0.2, 0.25) is 9.84 Å². The molecule has 5 heteroatoms. The molecule has 0 atom stereocenters. The Hall–Kier alpha value is -2.27. The summed E-state index contributed by atoms with van der Waals surface area (Å²) in [6.45, 7) is 2.19. The first-order valence-corrected chi connectivity index (χ1v) is 8.05. The van der Waals surface area contributed by atoms with Crippen molar-refractivity contribution in [3.05, 3.63) is 59.0 Å². The number of nitrogen functional groups attached to an aromatic ring is 1. The molecule has 0 amide bonds. The summed E-state index contributed by atoms with van der Waals surface area (Å²) >= 11 is 0. The fourth-order valence-electron chi connectivity index (χ4n) is 2.27. The molecular formula is C16H15NO3S. The van der Waals surface area contributed by atoms with Crippen LogP contribution in [0.4, 0.5) is 5.69 Å². The van der Waals surface area contributed by atoms with E-state index in [-0.39, 0.29) is 6.61 Å². The third-order valence-electron chi connectivity index (χ3n) is 3.37. The second-order valence-corrected chi connectivity index (χ2v) is 6.81. The van der Waals surface area contributed by atoms with Gasteiger partial charge in [-0.05, 0) is 37.3 Å². The van der Waals surface area contributed by atoms with Crippen molar-refractivity contribution >= 4 is 21.1 Å². The van der Waals surface area contributed by atoms with Gasteiger partial charge in [0.1, 0.15) is 12.4 Å². The highest BCUT2D eigenvalue weighted by Gasteiger charge is 2.27. The van der Waals surface area contributed by atoms with Crippen molar-refractivity contribution in [2.45, 2.75) is 11.8 Å². The summed E-state index contributed by atoms with van der Waals surface area (Å²) in [5.74, 6) is 0.705. The number of aryl methyl sites for hydroxylation is 1. The lowest BCUT2D eigenvalue weighted by Crippen LogP contribution is -2.00.